The van der Waals surface area contributed by atoms with Crippen molar-refractivity contribution in [3.05, 3.63) is 83.1 Å². The number of hydrogen-bond acceptors (Lipinski definition) is 4. The van der Waals surface area contributed by atoms with Crippen molar-refractivity contribution in [2.75, 3.05) is 5.32 Å². The molecule has 0 saturated carbocycles. The molecule has 4 aromatic rings. The summed E-state index contributed by atoms with van der Waals surface area (Å²) in [5.74, 6) is 0.806. The predicted octanol–water partition coefficient (Wildman–Crippen LogP) is 5.72. The van der Waals surface area contributed by atoms with Gasteiger partial charge < -0.3 is 9.88 Å². The molecule has 5 nitrogen and oxygen atoms in total. The fourth-order valence-electron chi connectivity index (χ4n) is 3.42. The van der Waals surface area contributed by atoms with Crippen molar-refractivity contribution in [3.63, 3.8) is 0 Å². The van der Waals surface area contributed by atoms with Gasteiger partial charge in [0.15, 0.2) is 5.16 Å². The van der Waals surface area contributed by atoms with Crippen LogP contribution in [0.15, 0.2) is 71.9 Å². The van der Waals surface area contributed by atoms with Crippen molar-refractivity contribution >= 4 is 45.7 Å². The first-order valence-electron chi connectivity index (χ1n) is 10.1. The zero-order valence-electron chi connectivity index (χ0n) is 17.4. The molecular weight excluding hydrogens is 428 g/mol. The number of aromatic nitrogens is 3. The first-order chi connectivity index (χ1) is 15.0. The van der Waals surface area contributed by atoms with E-state index in [2.05, 4.69) is 51.9 Å². The van der Waals surface area contributed by atoms with Crippen LogP contribution in [-0.2, 0) is 18.3 Å². The molecule has 158 valence electrons. The van der Waals surface area contributed by atoms with Crippen molar-refractivity contribution in [1.82, 2.24) is 14.8 Å². The minimum atomic E-state index is -0.274. The Kier molecular flexibility index (Phi) is 6.59. The Balaban J connectivity index is 1.49. The Labute approximate surface area is 190 Å². The lowest BCUT2D eigenvalue weighted by Gasteiger charge is -2.14. The van der Waals surface area contributed by atoms with E-state index in [4.69, 9.17) is 11.6 Å². The second-order valence-corrected chi connectivity index (χ2v) is 8.89. The molecule has 0 fully saturated rings. The topological polar surface area (TPSA) is 59.8 Å². The minimum absolute atomic E-state index is 0.0616. The number of carbonyl (C=O) groups is 1. The van der Waals surface area contributed by atoms with Crippen molar-refractivity contribution in [1.29, 1.82) is 0 Å². The highest BCUT2D eigenvalue weighted by Gasteiger charge is 2.22. The number of thioether (sulfide) groups is 1. The van der Waals surface area contributed by atoms with E-state index in [1.54, 1.807) is 24.3 Å². The van der Waals surface area contributed by atoms with Gasteiger partial charge in [0.2, 0.25) is 5.91 Å². The van der Waals surface area contributed by atoms with Crippen LogP contribution in [0.5, 0.6) is 0 Å². The molecule has 0 saturated heterocycles. The van der Waals surface area contributed by atoms with E-state index in [0.717, 1.165) is 16.7 Å². The maximum Gasteiger partial charge on any atom is 0.237 e. The Morgan fingerprint density at radius 2 is 1.81 bits per heavy atom. The molecule has 1 atom stereocenters. The number of carbonyl (C=O) groups excluding carboxylic acids is 1. The SMILES string of the molecule is CC[C@H](Sc1nnc(Cc2cccc3ccccc23)n1C)C(=O)Nc1ccc(Cl)cc1. The van der Waals surface area contributed by atoms with Crippen LogP contribution in [0, 0.1) is 0 Å². The maximum absolute atomic E-state index is 12.8. The highest BCUT2D eigenvalue weighted by molar-refractivity contribution is 8.00. The minimum Gasteiger partial charge on any atom is -0.325 e. The standard InChI is InChI=1S/C24H23ClN4OS/c1-3-21(23(30)26-19-13-11-18(25)12-14-19)31-24-28-27-22(29(24)2)15-17-9-6-8-16-7-4-5-10-20(16)17/h4-14,21H,3,15H2,1-2H3,(H,26,30)/t21-/m0/s1. The highest BCUT2D eigenvalue weighted by atomic mass is 35.5. The molecular formula is C24H23ClN4OS. The molecule has 0 aliphatic carbocycles. The number of hydrogen-bond donors (Lipinski definition) is 1. The average molecular weight is 451 g/mol. The van der Waals surface area contributed by atoms with E-state index < -0.39 is 0 Å². The first-order valence-corrected chi connectivity index (χ1v) is 11.4. The summed E-state index contributed by atoms with van der Waals surface area (Å²) in [4.78, 5) is 12.8. The summed E-state index contributed by atoms with van der Waals surface area (Å²) in [6.07, 6.45) is 1.36. The number of nitrogens with one attached hydrogen (secondary N) is 1. The van der Waals surface area contributed by atoms with Crippen LogP contribution in [-0.4, -0.2) is 25.9 Å². The molecule has 0 aliphatic heterocycles. The van der Waals surface area contributed by atoms with Gasteiger partial charge in [-0.15, -0.1) is 10.2 Å². The van der Waals surface area contributed by atoms with Crippen LogP contribution in [0.4, 0.5) is 5.69 Å². The van der Waals surface area contributed by atoms with Crippen molar-refractivity contribution in [3.8, 4) is 0 Å². The molecule has 1 N–H and O–H groups in total. The number of amides is 1. The van der Waals surface area contributed by atoms with E-state index in [1.807, 2.05) is 24.6 Å². The predicted molar refractivity (Wildman–Crippen MR) is 128 cm³/mol. The molecule has 0 spiro atoms. The van der Waals surface area contributed by atoms with Crippen molar-refractivity contribution < 1.29 is 4.79 Å². The van der Waals surface area contributed by atoms with E-state index >= 15 is 0 Å². The van der Waals surface area contributed by atoms with Gasteiger partial charge >= 0.3 is 0 Å². The van der Waals surface area contributed by atoms with Gasteiger partial charge in [0.25, 0.3) is 0 Å². The van der Waals surface area contributed by atoms with Gasteiger partial charge in [0, 0.05) is 24.2 Å². The van der Waals surface area contributed by atoms with E-state index in [9.17, 15) is 4.79 Å². The molecule has 7 heteroatoms. The van der Waals surface area contributed by atoms with Crippen LogP contribution in [0.1, 0.15) is 24.7 Å². The van der Waals surface area contributed by atoms with Gasteiger partial charge in [-0.2, -0.15) is 0 Å². The second kappa shape index (κ2) is 9.54. The Morgan fingerprint density at radius 1 is 1.06 bits per heavy atom. The summed E-state index contributed by atoms with van der Waals surface area (Å²) >= 11 is 7.35. The van der Waals surface area contributed by atoms with Gasteiger partial charge in [0.1, 0.15) is 5.82 Å². The van der Waals surface area contributed by atoms with Crippen molar-refractivity contribution in [2.24, 2.45) is 7.05 Å². The normalized spacial score (nSPS) is 12.1. The van der Waals surface area contributed by atoms with E-state index in [-0.39, 0.29) is 11.2 Å². The smallest absolute Gasteiger partial charge is 0.237 e. The van der Waals surface area contributed by atoms with E-state index in [0.29, 0.717) is 17.9 Å². The number of anilines is 1. The molecule has 1 amide bonds. The quantitative estimate of drug-likeness (QED) is 0.366. The van der Waals surface area contributed by atoms with Gasteiger partial charge in [-0.3, -0.25) is 4.79 Å². The molecule has 4 rings (SSSR count). The lowest BCUT2D eigenvalue weighted by molar-refractivity contribution is -0.115. The van der Waals surface area contributed by atoms with Gasteiger partial charge in [-0.25, -0.2) is 0 Å². The molecule has 0 radical (unpaired) electrons. The fraction of sp³-hybridized carbons (Fsp3) is 0.208. The van der Waals surface area contributed by atoms with Crippen LogP contribution in [0.2, 0.25) is 5.02 Å². The molecule has 31 heavy (non-hydrogen) atoms. The molecule has 3 aromatic carbocycles. The molecule has 0 unspecified atom stereocenters. The van der Waals surface area contributed by atoms with Crippen LogP contribution < -0.4 is 5.32 Å². The lowest BCUT2D eigenvalue weighted by Crippen LogP contribution is -2.25. The lowest BCUT2D eigenvalue weighted by atomic mass is 10.0. The Hall–Kier alpha value is -2.83. The summed E-state index contributed by atoms with van der Waals surface area (Å²) in [6, 6.07) is 21.7. The summed E-state index contributed by atoms with van der Waals surface area (Å²) in [6.45, 7) is 1.99. The number of nitrogens with zero attached hydrogens (tertiary/aromatic N) is 3. The van der Waals surface area contributed by atoms with Gasteiger partial charge in [-0.05, 0) is 47.0 Å². The average Bonchev–Trinajstić information content (AvgIpc) is 3.13. The summed E-state index contributed by atoms with van der Waals surface area (Å²) in [5.41, 5.74) is 1.93. The molecule has 0 aliphatic rings. The zero-order valence-corrected chi connectivity index (χ0v) is 19.0. The monoisotopic (exact) mass is 450 g/mol. The van der Waals surface area contributed by atoms with Crippen LogP contribution >= 0.6 is 23.4 Å². The summed E-state index contributed by atoms with van der Waals surface area (Å²) in [7, 11) is 1.95. The van der Waals surface area contributed by atoms with Gasteiger partial charge in [0.05, 0.1) is 5.25 Å². The molecule has 1 aromatic heterocycles. The van der Waals surface area contributed by atoms with Crippen molar-refractivity contribution in [2.45, 2.75) is 30.2 Å². The third-order valence-corrected chi connectivity index (χ3v) is 6.83. The third kappa shape index (κ3) is 4.92. The van der Waals surface area contributed by atoms with Crippen LogP contribution in [0.25, 0.3) is 10.8 Å². The zero-order chi connectivity index (χ0) is 21.8. The number of benzene rings is 3. The number of rotatable bonds is 7. The Morgan fingerprint density at radius 3 is 2.58 bits per heavy atom. The van der Waals surface area contributed by atoms with Crippen LogP contribution in [0.3, 0.4) is 0 Å². The number of halogens is 1. The second-order valence-electron chi connectivity index (χ2n) is 7.28. The molecule has 1 heterocycles. The largest absolute Gasteiger partial charge is 0.325 e. The summed E-state index contributed by atoms with van der Waals surface area (Å²) in [5, 5.41) is 15.2. The fourth-order valence-corrected chi connectivity index (χ4v) is 4.49. The first kappa shape index (κ1) is 21.4. The van der Waals surface area contributed by atoms with E-state index in [1.165, 1.54) is 28.1 Å². The number of fused-ring (bicyclic) bond motifs is 1. The maximum atomic E-state index is 12.8. The van der Waals surface area contributed by atoms with Gasteiger partial charge in [-0.1, -0.05) is 72.8 Å². The third-order valence-electron chi connectivity index (χ3n) is 5.18. The summed E-state index contributed by atoms with van der Waals surface area (Å²) < 4.78 is 1.98. The molecule has 0 bridgehead atoms. The highest BCUT2D eigenvalue weighted by Crippen LogP contribution is 2.27. The Bertz CT molecular complexity index is 1200.